The van der Waals surface area contributed by atoms with Gasteiger partial charge in [0.05, 0.1) is 0 Å². The van der Waals surface area contributed by atoms with E-state index in [4.69, 9.17) is 0 Å². The van der Waals surface area contributed by atoms with E-state index in [0.29, 0.717) is 7.35 Å². The molecule has 6 rings (SSSR count). The van der Waals surface area contributed by atoms with Gasteiger partial charge in [0, 0.05) is 0 Å². The van der Waals surface area contributed by atoms with Gasteiger partial charge in [-0.05, 0) is 0 Å². The maximum atomic E-state index is 2.73. The molecule has 0 aliphatic heterocycles. The van der Waals surface area contributed by atoms with Crippen molar-refractivity contribution < 1.29 is 14.2 Å². The van der Waals surface area contributed by atoms with Crippen LogP contribution in [0.5, 0.6) is 0 Å². The van der Waals surface area contributed by atoms with E-state index in [0.717, 1.165) is 12.8 Å². The molecule has 0 fully saturated rings. The van der Waals surface area contributed by atoms with Crippen molar-refractivity contribution in [2.24, 2.45) is 0 Å². The van der Waals surface area contributed by atoms with Crippen LogP contribution >= 0.6 is 0 Å². The van der Waals surface area contributed by atoms with Gasteiger partial charge in [-0.25, -0.2) is 0 Å². The van der Waals surface area contributed by atoms with Gasteiger partial charge in [-0.1, -0.05) is 0 Å². The van der Waals surface area contributed by atoms with Crippen LogP contribution < -0.4 is 0 Å². The first-order valence-electron chi connectivity index (χ1n) is 15.2. The van der Waals surface area contributed by atoms with Crippen LogP contribution in [0, 0.1) is 0 Å². The SMILES string of the molecule is CCc1ccccc1-c1cccc2c1C=C[CH]2[Hf]([CH3])([CH3])([CH3])([CH3])(=[SiH2])[CH]1C=Cc2c(-c3ccccc3CC)cccc21. The number of rotatable bonds is 6. The standard InChI is InChI=1S/2C17H15.4CH3.Hf.H2Si/c2*1-2-13-7-3-4-10-15(13)17-12-6-9-14-8-5-11-16(14)17;;;;;;/h2*3-12H,2H2,1H3;4*1H3;;1H2. The monoisotopic (exact) mass is 708 g/mol. The molecule has 2 aliphatic carbocycles. The van der Waals surface area contributed by atoms with Crippen molar-refractivity contribution >= 4 is 19.1 Å². The Balaban J connectivity index is 1.53. The van der Waals surface area contributed by atoms with Gasteiger partial charge in [0.15, 0.2) is 0 Å². The van der Waals surface area contributed by atoms with Crippen LogP contribution in [0.3, 0.4) is 0 Å². The first-order chi connectivity index (χ1) is 18.8. The predicted molar refractivity (Wildman–Crippen MR) is 178 cm³/mol. The summed E-state index contributed by atoms with van der Waals surface area (Å²) in [5.74, 6) is 0. The topological polar surface area (TPSA) is 0 Å². The molecule has 40 heavy (non-hydrogen) atoms. The fraction of sp³-hybridized carbons (Fsp3) is 0.263. The summed E-state index contributed by atoms with van der Waals surface area (Å²) in [7, 11) is 0. The zero-order valence-electron chi connectivity index (χ0n) is 25.2. The molecule has 4 aromatic rings. The van der Waals surface area contributed by atoms with Gasteiger partial charge in [-0.15, -0.1) is 0 Å². The summed E-state index contributed by atoms with van der Waals surface area (Å²) < 4.78 is 11.8. The molecule has 0 spiro atoms. The van der Waals surface area contributed by atoms with Crippen molar-refractivity contribution in [1.82, 2.24) is 0 Å². The first-order valence-corrected chi connectivity index (χ1v) is 42.0. The number of hydrogen-bond acceptors (Lipinski definition) is 0. The summed E-state index contributed by atoms with van der Waals surface area (Å²) in [4.78, 5) is 0. The molecule has 4 aromatic carbocycles. The van der Waals surface area contributed by atoms with Gasteiger partial charge in [0.2, 0.25) is 0 Å². The van der Waals surface area contributed by atoms with Crippen LogP contribution in [0.4, 0.5) is 0 Å². The summed E-state index contributed by atoms with van der Waals surface area (Å²) >= 11 is -4.74. The van der Waals surface area contributed by atoms with Crippen molar-refractivity contribution in [3.05, 3.63) is 130 Å². The zero-order valence-corrected chi connectivity index (χ0v) is 30.2. The Morgan fingerprint density at radius 2 is 0.900 bits per heavy atom. The maximum absolute atomic E-state index is 4.74. The van der Waals surface area contributed by atoms with Crippen LogP contribution in [0.2, 0.25) is 18.7 Å². The number of hydrogen-bond donors (Lipinski definition) is 0. The van der Waals surface area contributed by atoms with Crippen LogP contribution in [-0.2, 0) is 27.0 Å². The fourth-order valence-electron chi connectivity index (χ4n) is 8.18. The molecule has 0 amide bonds. The second-order valence-electron chi connectivity index (χ2n) is 16.6. The molecule has 0 nitrogen and oxygen atoms in total. The molecule has 0 heterocycles. The summed E-state index contributed by atoms with van der Waals surface area (Å²) in [5, 5.41) is 0. The Kier molecular flexibility index (Phi) is 5.70. The molecule has 2 atom stereocenters. The van der Waals surface area contributed by atoms with Crippen LogP contribution in [0.25, 0.3) is 34.4 Å². The van der Waals surface area contributed by atoms with Crippen molar-refractivity contribution in [3.8, 4) is 22.3 Å². The molecule has 0 saturated carbocycles. The molecule has 2 unspecified atom stereocenters. The van der Waals surface area contributed by atoms with E-state index < -0.39 is 14.2 Å². The van der Waals surface area contributed by atoms with E-state index in [9.17, 15) is 0 Å². The Morgan fingerprint density at radius 1 is 0.525 bits per heavy atom. The van der Waals surface area contributed by atoms with Gasteiger partial charge >= 0.3 is 239 Å². The molecule has 0 aromatic heterocycles. The van der Waals surface area contributed by atoms with Gasteiger partial charge in [0.1, 0.15) is 0 Å². The van der Waals surface area contributed by atoms with E-state index in [1.807, 2.05) is 0 Å². The van der Waals surface area contributed by atoms with Crippen molar-refractivity contribution in [2.75, 3.05) is 0 Å². The minimum absolute atomic E-state index is 0.415. The molecular formula is C38H44HfSi. The molecule has 0 bridgehead atoms. The molecule has 2 aliphatic rings. The third kappa shape index (κ3) is 4.09. The third-order valence-corrected chi connectivity index (χ3v) is 45.0. The normalized spacial score (nSPS) is 20.3. The summed E-state index contributed by atoms with van der Waals surface area (Å²) in [6.45, 7) is 6.94. The number of allylic oxidation sites excluding steroid dienone is 2. The van der Waals surface area contributed by atoms with Crippen molar-refractivity contribution in [3.63, 3.8) is 0 Å². The fourth-order valence-corrected chi connectivity index (χ4v) is 37.0. The summed E-state index contributed by atoms with van der Waals surface area (Å²) in [5.41, 5.74) is 14.3. The molecular weight excluding hydrogens is 663 g/mol. The number of fused-ring (bicyclic) bond motifs is 2. The van der Waals surface area contributed by atoms with E-state index in [-0.39, 0.29) is 0 Å². The molecule has 0 saturated heterocycles. The van der Waals surface area contributed by atoms with E-state index in [1.165, 1.54) is 55.6 Å². The minimum atomic E-state index is -4.74. The number of benzene rings is 4. The van der Waals surface area contributed by atoms with Crippen LogP contribution in [0.1, 0.15) is 54.6 Å². The van der Waals surface area contributed by atoms with Gasteiger partial charge in [-0.3, -0.25) is 0 Å². The second kappa shape index (κ2) is 8.26. The van der Waals surface area contributed by atoms with Crippen LogP contribution in [-0.4, -0.2) is 6.94 Å². The summed E-state index contributed by atoms with van der Waals surface area (Å²) in [6.07, 6.45) is 12.2. The Bertz CT molecular complexity index is 1730. The molecule has 0 N–H and O–H groups in total. The Hall–Kier alpha value is -2.55. The van der Waals surface area contributed by atoms with E-state index in [2.05, 4.69) is 149 Å². The van der Waals surface area contributed by atoms with Gasteiger partial charge < -0.3 is 0 Å². The predicted octanol–water partition coefficient (Wildman–Crippen LogP) is 10.5. The van der Waals surface area contributed by atoms with Crippen molar-refractivity contribution in [2.45, 2.75) is 52.8 Å². The first kappa shape index (κ1) is 27.6. The third-order valence-electron chi connectivity index (χ3n) is 10.5. The Labute approximate surface area is 237 Å². The number of aryl methyl sites for hydroxylation is 2. The average Bonchev–Trinajstić information content (AvgIpc) is 3.59. The quantitative estimate of drug-likeness (QED) is 0.175. The molecule has 0 radical (unpaired) electrons. The average molecular weight is 707 g/mol. The van der Waals surface area contributed by atoms with Gasteiger partial charge in [-0.2, -0.15) is 0 Å². The molecule has 204 valence electrons. The van der Waals surface area contributed by atoms with E-state index in [1.54, 1.807) is 0 Å². The van der Waals surface area contributed by atoms with Crippen molar-refractivity contribution in [1.29, 1.82) is 0 Å². The Morgan fingerprint density at radius 3 is 1.30 bits per heavy atom. The zero-order chi connectivity index (χ0) is 28.4. The van der Waals surface area contributed by atoms with E-state index >= 15 is 0 Å². The van der Waals surface area contributed by atoms with Gasteiger partial charge in [0.25, 0.3) is 0 Å². The second-order valence-corrected chi connectivity index (χ2v) is 103. The van der Waals surface area contributed by atoms with Crippen LogP contribution in [0.15, 0.2) is 97.1 Å². The molecule has 2 heteroatoms. The summed E-state index contributed by atoms with van der Waals surface area (Å²) in [6, 6.07) is 32.0.